The lowest BCUT2D eigenvalue weighted by molar-refractivity contribution is 0.0996. The van der Waals surface area contributed by atoms with Gasteiger partial charge in [-0.3, -0.25) is 4.79 Å². The molecule has 0 radical (unpaired) electrons. The molecule has 0 aliphatic heterocycles. The molecule has 0 aliphatic rings. The number of ether oxygens (including phenoxy) is 1. The van der Waals surface area contributed by atoms with Gasteiger partial charge in [0, 0.05) is 11.3 Å². The Kier molecular flexibility index (Phi) is 3.94. The Labute approximate surface area is 109 Å². The zero-order valence-electron chi connectivity index (χ0n) is 10.1. The number of carbonyl (C=O) groups excluding carboxylic acids is 1. The smallest absolute Gasteiger partial charge is 0.252 e. The van der Waals surface area contributed by atoms with Crippen LogP contribution in [-0.4, -0.2) is 17.5 Å². The number of nitrogens with two attached hydrogens (primary N) is 1. The number of benzene rings is 1. The van der Waals surface area contributed by atoms with Gasteiger partial charge in [-0.2, -0.15) is 0 Å². The average Bonchev–Trinajstić information content (AvgIpc) is 2.76. The summed E-state index contributed by atoms with van der Waals surface area (Å²) in [5.74, 6) is 0.0618. The summed E-state index contributed by atoms with van der Waals surface area (Å²) in [6, 6.07) is 7.00. The minimum Gasteiger partial charge on any atom is -0.492 e. The van der Waals surface area contributed by atoms with Crippen LogP contribution in [0.2, 0.25) is 0 Å². The third-order valence-corrected chi connectivity index (χ3v) is 3.58. The standard InChI is InChI=1S/C13H14N2O2S/c1-9-12(18-8-15-9)6-7-17-11-5-3-2-4-10(11)13(14)16/h2-5,8H,6-7H2,1H3,(H2,14,16). The molecule has 2 N–H and O–H groups in total. The van der Waals surface area contributed by atoms with Gasteiger partial charge in [0.05, 0.1) is 23.4 Å². The van der Waals surface area contributed by atoms with Gasteiger partial charge in [-0.15, -0.1) is 11.3 Å². The number of amides is 1. The quantitative estimate of drug-likeness (QED) is 0.898. The van der Waals surface area contributed by atoms with Gasteiger partial charge in [-0.25, -0.2) is 4.98 Å². The summed E-state index contributed by atoms with van der Waals surface area (Å²) >= 11 is 1.61. The highest BCUT2D eigenvalue weighted by atomic mass is 32.1. The van der Waals surface area contributed by atoms with Gasteiger partial charge in [0.25, 0.3) is 5.91 Å². The number of carbonyl (C=O) groups is 1. The first-order chi connectivity index (χ1) is 8.68. The minimum atomic E-state index is -0.473. The van der Waals surface area contributed by atoms with Crippen LogP contribution in [0.15, 0.2) is 29.8 Å². The molecule has 1 heterocycles. The number of aryl methyl sites for hydroxylation is 1. The van der Waals surface area contributed by atoms with E-state index in [2.05, 4.69) is 4.98 Å². The van der Waals surface area contributed by atoms with Crippen molar-refractivity contribution in [2.75, 3.05) is 6.61 Å². The van der Waals surface area contributed by atoms with Gasteiger partial charge < -0.3 is 10.5 Å². The van der Waals surface area contributed by atoms with Crippen LogP contribution in [0, 0.1) is 6.92 Å². The normalized spacial score (nSPS) is 10.3. The van der Waals surface area contributed by atoms with Crippen LogP contribution in [0.5, 0.6) is 5.75 Å². The largest absolute Gasteiger partial charge is 0.492 e. The van der Waals surface area contributed by atoms with Gasteiger partial charge >= 0.3 is 0 Å². The van der Waals surface area contributed by atoms with E-state index in [0.29, 0.717) is 17.9 Å². The maximum absolute atomic E-state index is 11.2. The molecule has 0 saturated heterocycles. The van der Waals surface area contributed by atoms with Crippen LogP contribution in [0.25, 0.3) is 0 Å². The van der Waals surface area contributed by atoms with Gasteiger partial charge in [-0.1, -0.05) is 12.1 Å². The fraction of sp³-hybridized carbons (Fsp3) is 0.231. The van der Waals surface area contributed by atoms with Crippen molar-refractivity contribution in [3.05, 3.63) is 45.9 Å². The second kappa shape index (κ2) is 5.64. The van der Waals surface area contributed by atoms with Crippen LogP contribution in [0.4, 0.5) is 0 Å². The van der Waals surface area contributed by atoms with Crippen molar-refractivity contribution in [2.24, 2.45) is 5.73 Å². The average molecular weight is 262 g/mol. The lowest BCUT2D eigenvalue weighted by atomic mass is 10.2. The minimum absolute atomic E-state index is 0.415. The van der Waals surface area contributed by atoms with E-state index >= 15 is 0 Å². The Morgan fingerprint density at radius 1 is 1.44 bits per heavy atom. The van der Waals surface area contributed by atoms with Crippen molar-refractivity contribution >= 4 is 17.2 Å². The summed E-state index contributed by atoms with van der Waals surface area (Å²) in [6.45, 7) is 2.48. The molecule has 1 amide bonds. The number of para-hydroxylation sites is 1. The number of hydrogen-bond acceptors (Lipinski definition) is 4. The lowest BCUT2D eigenvalue weighted by Gasteiger charge is -2.08. The SMILES string of the molecule is Cc1ncsc1CCOc1ccccc1C(N)=O. The third-order valence-electron chi connectivity index (χ3n) is 2.58. The highest BCUT2D eigenvalue weighted by Crippen LogP contribution is 2.18. The van der Waals surface area contributed by atoms with Crippen molar-refractivity contribution in [1.82, 2.24) is 4.98 Å². The molecule has 94 valence electrons. The molecular weight excluding hydrogens is 248 g/mol. The van der Waals surface area contributed by atoms with E-state index in [1.54, 1.807) is 29.5 Å². The van der Waals surface area contributed by atoms with Gasteiger partial charge in [0.2, 0.25) is 0 Å². The maximum Gasteiger partial charge on any atom is 0.252 e. The summed E-state index contributed by atoms with van der Waals surface area (Å²) in [5, 5.41) is 0. The Hall–Kier alpha value is -1.88. The molecule has 0 saturated carbocycles. The zero-order valence-corrected chi connectivity index (χ0v) is 10.9. The molecule has 0 fully saturated rings. The van der Waals surface area contributed by atoms with Gasteiger partial charge in [-0.05, 0) is 19.1 Å². The van der Waals surface area contributed by atoms with E-state index in [0.717, 1.165) is 12.1 Å². The van der Waals surface area contributed by atoms with Crippen molar-refractivity contribution in [1.29, 1.82) is 0 Å². The number of hydrogen-bond donors (Lipinski definition) is 1. The van der Waals surface area contributed by atoms with E-state index in [1.165, 1.54) is 4.88 Å². The van der Waals surface area contributed by atoms with E-state index in [-0.39, 0.29) is 0 Å². The number of nitrogens with zero attached hydrogens (tertiary/aromatic N) is 1. The first-order valence-corrected chi connectivity index (χ1v) is 6.47. The summed E-state index contributed by atoms with van der Waals surface area (Å²) in [7, 11) is 0. The summed E-state index contributed by atoms with van der Waals surface area (Å²) in [5.41, 5.74) is 8.55. The predicted octanol–water partition coefficient (Wildman–Crippen LogP) is 2.17. The van der Waals surface area contributed by atoms with E-state index < -0.39 is 5.91 Å². The molecule has 0 spiro atoms. The zero-order chi connectivity index (χ0) is 13.0. The third kappa shape index (κ3) is 2.87. The molecular formula is C13H14N2O2S. The monoisotopic (exact) mass is 262 g/mol. The molecule has 2 rings (SSSR count). The van der Waals surface area contributed by atoms with Crippen molar-refractivity contribution in [2.45, 2.75) is 13.3 Å². The maximum atomic E-state index is 11.2. The second-order valence-electron chi connectivity index (χ2n) is 3.82. The van der Waals surface area contributed by atoms with E-state index in [4.69, 9.17) is 10.5 Å². The topological polar surface area (TPSA) is 65.2 Å². The number of thiazole rings is 1. The molecule has 0 bridgehead atoms. The van der Waals surface area contributed by atoms with Crippen LogP contribution in [0.1, 0.15) is 20.9 Å². The lowest BCUT2D eigenvalue weighted by Crippen LogP contribution is -2.13. The van der Waals surface area contributed by atoms with Crippen molar-refractivity contribution < 1.29 is 9.53 Å². The number of rotatable bonds is 5. The molecule has 0 aliphatic carbocycles. The fourth-order valence-electron chi connectivity index (χ4n) is 1.62. The Bertz CT molecular complexity index is 551. The molecule has 0 unspecified atom stereocenters. The van der Waals surface area contributed by atoms with Crippen LogP contribution < -0.4 is 10.5 Å². The number of aromatic nitrogens is 1. The predicted molar refractivity (Wildman–Crippen MR) is 71.0 cm³/mol. The summed E-state index contributed by atoms with van der Waals surface area (Å²) in [6.07, 6.45) is 0.781. The summed E-state index contributed by atoms with van der Waals surface area (Å²) in [4.78, 5) is 16.6. The van der Waals surface area contributed by atoms with Gasteiger partial charge in [0.15, 0.2) is 0 Å². The highest BCUT2D eigenvalue weighted by Gasteiger charge is 2.08. The van der Waals surface area contributed by atoms with E-state index in [9.17, 15) is 4.79 Å². The number of primary amides is 1. The van der Waals surface area contributed by atoms with Crippen LogP contribution in [0.3, 0.4) is 0 Å². The molecule has 4 nitrogen and oxygen atoms in total. The molecule has 1 aromatic carbocycles. The van der Waals surface area contributed by atoms with Crippen LogP contribution >= 0.6 is 11.3 Å². The highest BCUT2D eigenvalue weighted by molar-refractivity contribution is 7.09. The van der Waals surface area contributed by atoms with Crippen LogP contribution in [-0.2, 0) is 6.42 Å². The molecule has 0 atom stereocenters. The first-order valence-electron chi connectivity index (χ1n) is 5.59. The fourth-order valence-corrected chi connectivity index (χ4v) is 2.38. The molecule has 2 aromatic rings. The Balaban J connectivity index is 1.99. The molecule has 1 aromatic heterocycles. The summed E-state index contributed by atoms with van der Waals surface area (Å²) < 4.78 is 5.60. The van der Waals surface area contributed by atoms with Crippen molar-refractivity contribution in [3.63, 3.8) is 0 Å². The van der Waals surface area contributed by atoms with Gasteiger partial charge in [0.1, 0.15) is 5.75 Å². The van der Waals surface area contributed by atoms with E-state index in [1.807, 2.05) is 18.5 Å². The molecule has 5 heteroatoms. The second-order valence-corrected chi connectivity index (χ2v) is 4.76. The Morgan fingerprint density at radius 2 is 2.22 bits per heavy atom. The first kappa shape index (κ1) is 12.6. The molecule has 18 heavy (non-hydrogen) atoms. The Morgan fingerprint density at radius 3 is 2.89 bits per heavy atom. The van der Waals surface area contributed by atoms with Crippen molar-refractivity contribution in [3.8, 4) is 5.75 Å².